The molecule has 410 valence electrons. The van der Waals surface area contributed by atoms with Gasteiger partial charge in [0.1, 0.15) is 13.2 Å². The molecule has 0 aliphatic carbocycles. The van der Waals surface area contributed by atoms with E-state index >= 15 is 0 Å². The largest absolute Gasteiger partial charge is 0.462 e. The average Bonchev–Trinajstić information content (AvgIpc) is 3.35. The highest BCUT2D eigenvalue weighted by Crippen LogP contribution is 2.19. The number of carbonyl (C=O) groups is 3. The molecule has 2 atom stereocenters. The van der Waals surface area contributed by atoms with Crippen LogP contribution in [0.1, 0.15) is 362 Å². The van der Waals surface area contributed by atoms with E-state index in [4.69, 9.17) is 14.2 Å². The number of unbranched alkanes of at least 4 members (excludes halogenated alkanes) is 44. The van der Waals surface area contributed by atoms with Gasteiger partial charge in [0.05, 0.1) is 0 Å². The van der Waals surface area contributed by atoms with E-state index in [2.05, 4.69) is 27.7 Å². The molecule has 0 fully saturated rings. The van der Waals surface area contributed by atoms with Crippen molar-refractivity contribution >= 4 is 17.9 Å². The maximum absolute atomic E-state index is 12.9. The van der Waals surface area contributed by atoms with Gasteiger partial charge in [-0.15, -0.1) is 0 Å². The molecular formula is C63H122O6. The van der Waals surface area contributed by atoms with Crippen LogP contribution in [-0.2, 0) is 28.6 Å². The normalized spacial score (nSPS) is 12.3. The minimum Gasteiger partial charge on any atom is -0.462 e. The Balaban J connectivity index is 4.29. The SMILES string of the molecule is CCCCCCCCCCCCCCCCCCCCC(=O)O[C@H](COC(=O)CCCCCCCCCCCCCCCCC)COC(=O)CCCCCCCCCCCCCCCCC(C)CC. The van der Waals surface area contributed by atoms with Crippen LogP contribution in [-0.4, -0.2) is 37.2 Å². The van der Waals surface area contributed by atoms with Crippen LogP contribution >= 0.6 is 0 Å². The molecule has 6 nitrogen and oxygen atoms in total. The molecule has 0 heterocycles. The van der Waals surface area contributed by atoms with Crippen molar-refractivity contribution in [3.05, 3.63) is 0 Å². The van der Waals surface area contributed by atoms with Crippen LogP contribution in [0.2, 0.25) is 0 Å². The smallest absolute Gasteiger partial charge is 0.306 e. The minimum atomic E-state index is -0.763. The molecule has 0 N–H and O–H groups in total. The molecule has 0 aromatic rings. The first kappa shape index (κ1) is 67.4. The summed E-state index contributed by atoms with van der Waals surface area (Å²) in [6.07, 6.45) is 63.8. The second-order valence-corrected chi connectivity index (χ2v) is 21.9. The van der Waals surface area contributed by atoms with Crippen LogP contribution < -0.4 is 0 Å². The predicted octanol–water partition coefficient (Wildman–Crippen LogP) is 21.0. The second kappa shape index (κ2) is 57.3. The highest BCUT2D eigenvalue weighted by Gasteiger charge is 2.19. The summed E-state index contributed by atoms with van der Waals surface area (Å²) in [5.41, 5.74) is 0. The van der Waals surface area contributed by atoms with Gasteiger partial charge in [0.25, 0.3) is 0 Å². The standard InChI is InChI=1S/C63H122O6/c1-5-8-10-12-14-16-18-20-22-23-24-26-32-36-40-44-48-52-56-63(66)69-60(57-67-61(64)54-50-46-42-38-34-30-25-21-19-17-15-13-11-9-6-2)58-68-62(65)55-51-47-43-39-35-31-28-27-29-33-37-41-45-49-53-59(4)7-3/h59-60H,5-58H2,1-4H3/t59?,60-/m1/s1. The van der Waals surface area contributed by atoms with Crippen molar-refractivity contribution in [2.24, 2.45) is 5.92 Å². The van der Waals surface area contributed by atoms with Gasteiger partial charge in [-0.2, -0.15) is 0 Å². The Hall–Kier alpha value is -1.59. The molecule has 0 aliphatic heterocycles. The van der Waals surface area contributed by atoms with Crippen molar-refractivity contribution in [2.75, 3.05) is 13.2 Å². The maximum Gasteiger partial charge on any atom is 0.306 e. The number of esters is 3. The van der Waals surface area contributed by atoms with Crippen molar-refractivity contribution in [3.8, 4) is 0 Å². The molecule has 0 aromatic carbocycles. The van der Waals surface area contributed by atoms with Gasteiger partial charge in [-0.1, -0.05) is 323 Å². The Bertz CT molecular complexity index is 1040. The summed E-state index contributed by atoms with van der Waals surface area (Å²) in [6.45, 7) is 9.12. The van der Waals surface area contributed by atoms with E-state index in [0.29, 0.717) is 19.3 Å². The summed E-state index contributed by atoms with van der Waals surface area (Å²) in [5, 5.41) is 0. The number of hydrogen-bond donors (Lipinski definition) is 0. The van der Waals surface area contributed by atoms with Crippen molar-refractivity contribution in [2.45, 2.75) is 368 Å². The quantitative estimate of drug-likeness (QED) is 0.0343. The van der Waals surface area contributed by atoms with E-state index in [1.807, 2.05) is 0 Å². The topological polar surface area (TPSA) is 78.9 Å². The molecule has 1 unspecified atom stereocenters. The van der Waals surface area contributed by atoms with E-state index in [9.17, 15) is 14.4 Å². The van der Waals surface area contributed by atoms with Gasteiger partial charge in [0.15, 0.2) is 6.10 Å². The summed E-state index contributed by atoms with van der Waals surface area (Å²) in [4.78, 5) is 38.3. The Morgan fingerprint density at radius 3 is 0.754 bits per heavy atom. The molecule has 0 saturated heterocycles. The van der Waals surface area contributed by atoms with Crippen molar-refractivity contribution in [1.29, 1.82) is 0 Å². The summed E-state index contributed by atoms with van der Waals surface area (Å²) >= 11 is 0. The third kappa shape index (κ3) is 55.6. The highest BCUT2D eigenvalue weighted by molar-refractivity contribution is 5.71. The van der Waals surface area contributed by atoms with E-state index < -0.39 is 6.10 Å². The number of ether oxygens (including phenoxy) is 3. The third-order valence-corrected chi connectivity index (χ3v) is 14.9. The molecule has 6 heteroatoms. The number of rotatable bonds is 58. The fourth-order valence-corrected chi connectivity index (χ4v) is 9.78. The van der Waals surface area contributed by atoms with Gasteiger partial charge in [0.2, 0.25) is 0 Å². The number of hydrogen-bond acceptors (Lipinski definition) is 6. The first-order chi connectivity index (χ1) is 33.9. The molecule has 0 spiro atoms. The van der Waals surface area contributed by atoms with E-state index in [0.717, 1.165) is 63.7 Å². The van der Waals surface area contributed by atoms with Crippen LogP contribution in [0.15, 0.2) is 0 Å². The van der Waals surface area contributed by atoms with Crippen LogP contribution in [0.3, 0.4) is 0 Å². The summed E-state index contributed by atoms with van der Waals surface area (Å²) in [7, 11) is 0. The lowest BCUT2D eigenvalue weighted by Gasteiger charge is -2.18. The molecule has 0 saturated carbocycles. The fraction of sp³-hybridized carbons (Fsp3) is 0.952. The van der Waals surface area contributed by atoms with Crippen molar-refractivity contribution < 1.29 is 28.6 Å². The van der Waals surface area contributed by atoms with Crippen molar-refractivity contribution in [3.63, 3.8) is 0 Å². The molecule has 0 aliphatic rings. The van der Waals surface area contributed by atoms with Gasteiger partial charge >= 0.3 is 17.9 Å². The fourth-order valence-electron chi connectivity index (χ4n) is 9.78. The monoisotopic (exact) mass is 975 g/mol. The highest BCUT2D eigenvalue weighted by atomic mass is 16.6. The minimum absolute atomic E-state index is 0.0613. The van der Waals surface area contributed by atoms with Crippen molar-refractivity contribution in [1.82, 2.24) is 0 Å². The van der Waals surface area contributed by atoms with Crippen LogP contribution in [0.5, 0.6) is 0 Å². The third-order valence-electron chi connectivity index (χ3n) is 14.9. The predicted molar refractivity (Wildman–Crippen MR) is 298 cm³/mol. The van der Waals surface area contributed by atoms with Crippen LogP contribution in [0, 0.1) is 5.92 Å². The van der Waals surface area contributed by atoms with Gasteiger partial charge in [-0.05, 0) is 25.2 Å². The summed E-state index contributed by atoms with van der Waals surface area (Å²) in [5.74, 6) is 0.0672. The molecule has 0 rings (SSSR count). The van der Waals surface area contributed by atoms with Gasteiger partial charge in [-0.25, -0.2) is 0 Å². The Labute approximate surface area is 431 Å². The van der Waals surface area contributed by atoms with E-state index in [1.54, 1.807) is 0 Å². The molecule has 69 heavy (non-hydrogen) atoms. The maximum atomic E-state index is 12.9. The molecular weight excluding hydrogens is 853 g/mol. The number of carbonyl (C=O) groups excluding carboxylic acids is 3. The first-order valence-electron chi connectivity index (χ1n) is 31.4. The van der Waals surface area contributed by atoms with Crippen LogP contribution in [0.25, 0.3) is 0 Å². The van der Waals surface area contributed by atoms with Gasteiger partial charge in [0, 0.05) is 19.3 Å². The van der Waals surface area contributed by atoms with Gasteiger partial charge < -0.3 is 14.2 Å². The Morgan fingerprint density at radius 2 is 0.507 bits per heavy atom. The van der Waals surface area contributed by atoms with Gasteiger partial charge in [-0.3, -0.25) is 14.4 Å². The van der Waals surface area contributed by atoms with E-state index in [-0.39, 0.29) is 31.1 Å². The lowest BCUT2D eigenvalue weighted by atomic mass is 9.99. The molecule has 0 aromatic heterocycles. The molecule has 0 amide bonds. The average molecular weight is 976 g/mol. The lowest BCUT2D eigenvalue weighted by molar-refractivity contribution is -0.167. The zero-order valence-electron chi connectivity index (χ0n) is 47.3. The first-order valence-corrected chi connectivity index (χ1v) is 31.4. The Kier molecular flexibility index (Phi) is 56.0. The zero-order valence-corrected chi connectivity index (χ0v) is 47.3. The lowest BCUT2D eigenvalue weighted by Crippen LogP contribution is -2.30. The second-order valence-electron chi connectivity index (χ2n) is 21.9. The molecule has 0 radical (unpaired) electrons. The van der Waals surface area contributed by atoms with E-state index in [1.165, 1.54) is 257 Å². The van der Waals surface area contributed by atoms with Crippen LogP contribution in [0.4, 0.5) is 0 Å². The molecule has 0 bridgehead atoms. The summed E-state index contributed by atoms with van der Waals surface area (Å²) < 4.78 is 16.9. The summed E-state index contributed by atoms with van der Waals surface area (Å²) in [6, 6.07) is 0. The zero-order chi connectivity index (χ0) is 50.2. The Morgan fingerprint density at radius 1 is 0.290 bits per heavy atom.